The molecule has 3 saturated heterocycles. The number of rotatable bonds is 7. The van der Waals surface area contributed by atoms with Crippen LogP contribution in [0.4, 0.5) is 5.95 Å². The van der Waals surface area contributed by atoms with Crippen LogP contribution in [0.2, 0.25) is 0 Å². The van der Waals surface area contributed by atoms with Gasteiger partial charge in [0, 0.05) is 44.8 Å². The van der Waals surface area contributed by atoms with Crippen molar-refractivity contribution in [2.24, 2.45) is 11.8 Å². The molecule has 28 heavy (non-hydrogen) atoms. The number of anilines is 1. The molecule has 0 saturated carbocycles. The highest BCUT2D eigenvalue weighted by molar-refractivity contribution is 5.75. The Hall–Kier alpha value is -2.49. The number of nitrogens with one attached hydrogen (secondary N) is 1. The second-order valence-corrected chi connectivity index (χ2v) is 8.09. The highest BCUT2D eigenvalue weighted by Crippen LogP contribution is 2.54. The van der Waals surface area contributed by atoms with E-state index in [1.807, 2.05) is 0 Å². The van der Waals surface area contributed by atoms with Gasteiger partial charge in [-0.15, -0.1) is 0 Å². The van der Waals surface area contributed by atoms with Gasteiger partial charge in [0.2, 0.25) is 11.8 Å². The molecule has 3 fully saturated rings. The van der Waals surface area contributed by atoms with Gasteiger partial charge in [0.25, 0.3) is 5.95 Å². The lowest BCUT2D eigenvalue weighted by Crippen LogP contribution is -2.41. The van der Waals surface area contributed by atoms with E-state index in [1.165, 1.54) is 6.33 Å². The molecule has 2 aromatic heterocycles. The van der Waals surface area contributed by atoms with Crippen LogP contribution in [0.1, 0.15) is 31.6 Å². The summed E-state index contributed by atoms with van der Waals surface area (Å²) in [4.78, 5) is 22.7. The van der Waals surface area contributed by atoms with Crippen molar-refractivity contribution in [3.8, 4) is 0 Å². The van der Waals surface area contributed by atoms with Crippen molar-refractivity contribution in [2.75, 3.05) is 24.5 Å². The third-order valence-electron chi connectivity index (χ3n) is 6.38. The van der Waals surface area contributed by atoms with Crippen LogP contribution in [-0.2, 0) is 16.1 Å². The minimum absolute atomic E-state index is 0.0839. The molecule has 10 nitrogen and oxygen atoms in total. The molecule has 1 N–H and O–H groups in total. The number of nitrogens with zero attached hydrogens (tertiary/aromatic N) is 6. The molecule has 3 aliphatic rings. The molecule has 3 aliphatic heterocycles. The molecule has 0 aromatic carbocycles. The smallest absolute Gasteiger partial charge is 0.266 e. The third-order valence-corrected chi connectivity index (χ3v) is 6.38. The molecule has 0 unspecified atom stereocenters. The van der Waals surface area contributed by atoms with Crippen molar-refractivity contribution in [2.45, 2.75) is 50.9 Å². The van der Waals surface area contributed by atoms with Crippen LogP contribution in [0.3, 0.4) is 0 Å². The van der Waals surface area contributed by atoms with Gasteiger partial charge in [0.1, 0.15) is 12.7 Å². The number of ether oxygens (including phenoxy) is 1. The summed E-state index contributed by atoms with van der Waals surface area (Å²) in [5.41, 5.74) is -0.123. The first-order valence-electron chi connectivity index (χ1n) is 9.95. The molecule has 0 radical (unpaired) electrons. The Balaban J connectivity index is 1.15. The molecule has 4 atom stereocenters. The molecular weight excluding hydrogens is 362 g/mol. The van der Waals surface area contributed by atoms with Gasteiger partial charge in [-0.25, -0.2) is 4.98 Å². The number of carbonyl (C=O) groups is 1. The molecule has 150 valence electrons. The first-order chi connectivity index (χ1) is 13.6. The Morgan fingerprint density at radius 1 is 1.46 bits per heavy atom. The lowest BCUT2D eigenvalue weighted by Gasteiger charge is -2.29. The first kappa shape index (κ1) is 17.6. The lowest BCUT2D eigenvalue weighted by molar-refractivity contribution is -0.121. The monoisotopic (exact) mass is 387 g/mol. The number of hydrogen-bond acceptors (Lipinski definition) is 8. The number of amides is 1. The van der Waals surface area contributed by atoms with Crippen LogP contribution in [0.25, 0.3) is 0 Å². The van der Waals surface area contributed by atoms with E-state index in [0.29, 0.717) is 43.2 Å². The van der Waals surface area contributed by atoms with Gasteiger partial charge in [-0.3, -0.25) is 9.48 Å². The molecule has 10 heteroatoms. The summed E-state index contributed by atoms with van der Waals surface area (Å²) in [7, 11) is 0. The van der Waals surface area contributed by atoms with Gasteiger partial charge < -0.3 is 19.5 Å². The summed E-state index contributed by atoms with van der Waals surface area (Å²) in [6, 6.07) is 0. The van der Waals surface area contributed by atoms with Gasteiger partial charge >= 0.3 is 0 Å². The summed E-state index contributed by atoms with van der Waals surface area (Å²) in [6.45, 7) is 4.82. The number of aryl methyl sites for hydroxylation is 2. The number of hydrogen-bond donors (Lipinski definition) is 1. The highest BCUT2D eigenvalue weighted by Gasteiger charge is 2.63. The number of aromatic nitrogens is 5. The normalized spacial score (nSPS) is 30.8. The van der Waals surface area contributed by atoms with Crippen molar-refractivity contribution >= 4 is 11.9 Å². The largest absolute Gasteiger partial charge is 0.369 e. The predicted molar refractivity (Wildman–Crippen MR) is 97.3 cm³/mol. The summed E-state index contributed by atoms with van der Waals surface area (Å²) in [6.07, 6.45) is 6.78. The summed E-state index contributed by atoms with van der Waals surface area (Å²) in [5, 5.41) is 11.2. The quantitative estimate of drug-likeness (QED) is 0.733. The zero-order valence-corrected chi connectivity index (χ0v) is 16.0. The molecule has 5 heterocycles. The van der Waals surface area contributed by atoms with E-state index >= 15 is 0 Å². The summed E-state index contributed by atoms with van der Waals surface area (Å²) < 4.78 is 13.3. The Morgan fingerprint density at radius 3 is 3.18 bits per heavy atom. The fourth-order valence-corrected chi connectivity index (χ4v) is 5.10. The zero-order chi connectivity index (χ0) is 19.1. The molecule has 2 bridgehead atoms. The third kappa shape index (κ3) is 3.05. The maximum Gasteiger partial charge on any atom is 0.266 e. The van der Waals surface area contributed by atoms with E-state index in [2.05, 4.69) is 30.4 Å². The molecule has 1 spiro atoms. The van der Waals surface area contributed by atoms with Gasteiger partial charge in [-0.2, -0.15) is 10.1 Å². The minimum Gasteiger partial charge on any atom is -0.369 e. The Kier molecular flexibility index (Phi) is 4.30. The number of fused-ring (bicyclic) bond motifs is 1. The van der Waals surface area contributed by atoms with Crippen LogP contribution >= 0.6 is 0 Å². The van der Waals surface area contributed by atoms with Gasteiger partial charge in [0.05, 0.1) is 18.2 Å². The van der Waals surface area contributed by atoms with Crippen LogP contribution in [0, 0.1) is 18.8 Å². The van der Waals surface area contributed by atoms with Crippen molar-refractivity contribution in [1.29, 1.82) is 0 Å². The summed E-state index contributed by atoms with van der Waals surface area (Å²) in [5.74, 6) is 2.03. The van der Waals surface area contributed by atoms with E-state index in [-0.39, 0.29) is 17.6 Å². The second-order valence-electron chi connectivity index (χ2n) is 8.09. The van der Waals surface area contributed by atoms with Gasteiger partial charge in [-0.05, 0) is 24.4 Å². The molecule has 5 rings (SSSR count). The van der Waals surface area contributed by atoms with E-state index < -0.39 is 0 Å². The maximum atomic E-state index is 12.3. The second kappa shape index (κ2) is 6.84. The van der Waals surface area contributed by atoms with E-state index in [1.54, 1.807) is 17.9 Å². The van der Waals surface area contributed by atoms with Gasteiger partial charge in [0.15, 0.2) is 0 Å². The average molecular weight is 387 g/mol. The molecule has 2 aromatic rings. The Morgan fingerprint density at radius 2 is 2.39 bits per heavy atom. The SMILES string of the molecule is Cc1nc(N2C[C@@H]3[C@H](CNC(=O)CCCn4cncn4)[C@H]4CC[C@]3(C2)O4)no1. The molecule has 1 amide bonds. The van der Waals surface area contributed by atoms with Crippen molar-refractivity contribution in [3.05, 3.63) is 18.5 Å². The lowest BCUT2D eigenvalue weighted by atomic mass is 9.73. The average Bonchev–Trinajstić information content (AvgIpc) is 3.46. The molecular formula is C18H25N7O3. The minimum atomic E-state index is -0.123. The van der Waals surface area contributed by atoms with Crippen LogP contribution in [0.15, 0.2) is 17.2 Å². The van der Waals surface area contributed by atoms with Crippen LogP contribution in [0.5, 0.6) is 0 Å². The van der Waals surface area contributed by atoms with Crippen molar-refractivity contribution in [1.82, 2.24) is 30.2 Å². The standard InChI is InChI=1S/C18H25N7O3/c1-12-22-17(23-28-12)24-8-14-13(15-4-5-18(14,9-24)27-15)7-20-16(26)3-2-6-25-11-19-10-21-25/h10-11,13-15H,2-9H2,1H3,(H,20,26)/t13-,14+,15+,18+/m0/s1. The van der Waals surface area contributed by atoms with Crippen molar-refractivity contribution in [3.63, 3.8) is 0 Å². The van der Waals surface area contributed by atoms with E-state index in [4.69, 9.17) is 9.26 Å². The van der Waals surface area contributed by atoms with Crippen LogP contribution < -0.4 is 10.2 Å². The fourth-order valence-electron chi connectivity index (χ4n) is 5.10. The maximum absolute atomic E-state index is 12.3. The Labute approximate surface area is 162 Å². The Bertz CT molecular complexity index is 838. The van der Waals surface area contributed by atoms with Crippen molar-refractivity contribution < 1.29 is 14.1 Å². The highest BCUT2D eigenvalue weighted by atomic mass is 16.5. The fraction of sp³-hybridized carbons (Fsp3) is 0.722. The summed E-state index contributed by atoms with van der Waals surface area (Å²) >= 11 is 0. The topological polar surface area (TPSA) is 111 Å². The zero-order valence-electron chi connectivity index (χ0n) is 16.0. The van der Waals surface area contributed by atoms with Gasteiger partial charge in [-0.1, -0.05) is 0 Å². The number of carbonyl (C=O) groups excluding carboxylic acids is 1. The van der Waals surface area contributed by atoms with E-state index in [9.17, 15) is 4.79 Å². The van der Waals surface area contributed by atoms with E-state index in [0.717, 1.165) is 32.4 Å². The first-order valence-corrected chi connectivity index (χ1v) is 9.95. The predicted octanol–water partition coefficient (Wildman–Crippen LogP) is 0.550. The van der Waals surface area contributed by atoms with Crippen LogP contribution in [-0.4, -0.2) is 62.2 Å². The molecule has 0 aliphatic carbocycles.